The Kier molecular flexibility index (Phi) is 2.50. The fourth-order valence-corrected chi connectivity index (χ4v) is 2.24. The molecular weight excluding hydrogens is 213 g/mol. The number of hydrogen-bond acceptors (Lipinski definition) is 3. The molecule has 0 aromatic carbocycles. The molecule has 0 radical (unpaired) electrons. The molecular formula is C8H9F3N2S. The lowest BCUT2D eigenvalue weighted by Gasteiger charge is -2.12. The van der Waals surface area contributed by atoms with Gasteiger partial charge in [-0.2, -0.15) is 13.2 Å². The Balaban J connectivity index is 2.02. The van der Waals surface area contributed by atoms with Crippen LogP contribution in [-0.4, -0.2) is 12.2 Å². The van der Waals surface area contributed by atoms with E-state index in [1.165, 1.54) is 11.3 Å². The monoisotopic (exact) mass is 222 g/mol. The summed E-state index contributed by atoms with van der Waals surface area (Å²) >= 11 is 1.46. The maximum absolute atomic E-state index is 12.3. The van der Waals surface area contributed by atoms with Crippen molar-refractivity contribution in [2.45, 2.75) is 24.7 Å². The third-order valence-electron chi connectivity index (χ3n) is 2.18. The van der Waals surface area contributed by atoms with Crippen LogP contribution in [0.5, 0.6) is 0 Å². The Bertz CT molecular complexity index is 296. The van der Waals surface area contributed by atoms with Crippen molar-refractivity contribution < 1.29 is 13.2 Å². The van der Waals surface area contributed by atoms with E-state index in [1.807, 2.05) is 17.5 Å². The summed E-state index contributed by atoms with van der Waals surface area (Å²) in [4.78, 5) is 0.934. The van der Waals surface area contributed by atoms with Crippen LogP contribution in [0.3, 0.4) is 0 Å². The van der Waals surface area contributed by atoms with Crippen LogP contribution in [0.4, 0.5) is 13.2 Å². The van der Waals surface area contributed by atoms with Gasteiger partial charge in [-0.25, -0.2) is 10.9 Å². The zero-order chi connectivity index (χ0) is 10.2. The molecule has 2 rings (SSSR count). The number of nitrogens with one attached hydrogen (secondary N) is 2. The normalized spacial score (nSPS) is 28.2. The lowest BCUT2D eigenvalue weighted by atomic mass is 10.1. The molecule has 2 nitrogen and oxygen atoms in total. The lowest BCUT2D eigenvalue weighted by Crippen LogP contribution is -2.40. The average molecular weight is 222 g/mol. The molecule has 2 heterocycles. The molecule has 0 spiro atoms. The largest absolute Gasteiger partial charge is 0.405 e. The number of hydrazine groups is 1. The summed E-state index contributed by atoms with van der Waals surface area (Å²) in [5, 5.41) is 1.86. The first-order chi connectivity index (χ1) is 6.57. The molecule has 0 saturated carbocycles. The van der Waals surface area contributed by atoms with Crippen LogP contribution in [-0.2, 0) is 0 Å². The summed E-state index contributed by atoms with van der Waals surface area (Å²) in [7, 11) is 0. The Hall–Kier alpha value is -0.590. The summed E-state index contributed by atoms with van der Waals surface area (Å²) in [6.07, 6.45) is -4.11. The minimum Gasteiger partial charge on any atom is -0.249 e. The summed E-state index contributed by atoms with van der Waals surface area (Å²) in [6, 6.07) is 2.02. The van der Waals surface area contributed by atoms with E-state index in [0.29, 0.717) is 0 Å². The van der Waals surface area contributed by atoms with Crippen molar-refractivity contribution in [2.75, 3.05) is 0 Å². The molecule has 0 amide bonds. The van der Waals surface area contributed by atoms with Gasteiger partial charge < -0.3 is 0 Å². The highest BCUT2D eigenvalue weighted by Gasteiger charge is 2.44. The van der Waals surface area contributed by atoms with Crippen molar-refractivity contribution in [3.8, 4) is 0 Å². The van der Waals surface area contributed by atoms with Gasteiger partial charge in [0, 0.05) is 4.88 Å². The quantitative estimate of drug-likeness (QED) is 0.761. The number of alkyl halides is 3. The standard InChI is InChI=1S/C8H9F3N2S/c9-8(10,11)7-4-5(12-13-7)6-2-1-3-14-6/h1-3,5,7,12-13H,4H2. The molecule has 2 unspecified atom stereocenters. The average Bonchev–Trinajstić information content (AvgIpc) is 2.73. The van der Waals surface area contributed by atoms with Gasteiger partial charge in [0.15, 0.2) is 0 Å². The maximum Gasteiger partial charge on any atom is 0.405 e. The van der Waals surface area contributed by atoms with Gasteiger partial charge in [-0.3, -0.25) is 0 Å². The van der Waals surface area contributed by atoms with E-state index >= 15 is 0 Å². The summed E-state index contributed by atoms with van der Waals surface area (Å²) < 4.78 is 36.8. The molecule has 1 aliphatic heterocycles. The van der Waals surface area contributed by atoms with Gasteiger partial charge in [-0.15, -0.1) is 11.3 Å². The van der Waals surface area contributed by atoms with Gasteiger partial charge in [0.1, 0.15) is 6.04 Å². The zero-order valence-corrected chi connectivity index (χ0v) is 7.95. The molecule has 0 aliphatic carbocycles. The van der Waals surface area contributed by atoms with Gasteiger partial charge in [-0.05, 0) is 17.9 Å². The van der Waals surface area contributed by atoms with E-state index < -0.39 is 12.2 Å². The van der Waals surface area contributed by atoms with E-state index in [0.717, 1.165) is 4.88 Å². The van der Waals surface area contributed by atoms with Crippen LogP contribution in [0.2, 0.25) is 0 Å². The Morgan fingerprint density at radius 3 is 2.64 bits per heavy atom. The van der Waals surface area contributed by atoms with Gasteiger partial charge in [-0.1, -0.05) is 6.07 Å². The predicted octanol–water partition coefficient (Wildman–Crippen LogP) is 2.22. The number of rotatable bonds is 1. The molecule has 1 aromatic heterocycles. The molecule has 1 aromatic rings. The first-order valence-electron chi connectivity index (χ1n) is 4.18. The summed E-state index contributed by atoms with van der Waals surface area (Å²) in [5.74, 6) is 0. The van der Waals surface area contributed by atoms with Gasteiger partial charge in [0.25, 0.3) is 0 Å². The second kappa shape index (κ2) is 3.52. The van der Waals surface area contributed by atoms with E-state index in [1.54, 1.807) is 0 Å². The third-order valence-corrected chi connectivity index (χ3v) is 3.17. The topological polar surface area (TPSA) is 24.1 Å². The molecule has 1 saturated heterocycles. The minimum absolute atomic E-state index is 0.0595. The van der Waals surface area contributed by atoms with Crippen molar-refractivity contribution in [3.05, 3.63) is 22.4 Å². The van der Waals surface area contributed by atoms with Crippen LogP contribution in [0.15, 0.2) is 17.5 Å². The van der Waals surface area contributed by atoms with Crippen molar-refractivity contribution in [1.29, 1.82) is 0 Å². The molecule has 1 aliphatic rings. The smallest absolute Gasteiger partial charge is 0.249 e. The van der Waals surface area contributed by atoms with Crippen molar-refractivity contribution in [1.82, 2.24) is 10.9 Å². The molecule has 2 N–H and O–H groups in total. The highest BCUT2D eigenvalue weighted by atomic mass is 32.1. The van der Waals surface area contributed by atoms with Gasteiger partial charge in [0.2, 0.25) is 0 Å². The number of halogens is 3. The SMILES string of the molecule is FC(F)(F)C1CC(c2cccs2)NN1. The van der Waals surface area contributed by atoms with Crippen molar-refractivity contribution in [2.24, 2.45) is 0 Å². The molecule has 1 fully saturated rings. The van der Waals surface area contributed by atoms with E-state index in [-0.39, 0.29) is 12.5 Å². The van der Waals surface area contributed by atoms with Crippen LogP contribution < -0.4 is 10.9 Å². The second-order valence-electron chi connectivity index (χ2n) is 3.19. The van der Waals surface area contributed by atoms with E-state index in [2.05, 4.69) is 10.9 Å². The van der Waals surface area contributed by atoms with E-state index in [4.69, 9.17) is 0 Å². The molecule has 14 heavy (non-hydrogen) atoms. The number of hydrogen-bond donors (Lipinski definition) is 2. The first kappa shape index (κ1) is 9.95. The zero-order valence-electron chi connectivity index (χ0n) is 7.14. The van der Waals surface area contributed by atoms with Crippen LogP contribution in [0.25, 0.3) is 0 Å². The molecule has 0 bridgehead atoms. The summed E-state index contributed by atoms with van der Waals surface area (Å²) in [5.41, 5.74) is 4.92. The number of thiophene rings is 1. The molecule has 6 heteroatoms. The van der Waals surface area contributed by atoms with Crippen LogP contribution in [0.1, 0.15) is 17.3 Å². The highest BCUT2D eigenvalue weighted by molar-refractivity contribution is 7.10. The van der Waals surface area contributed by atoms with Gasteiger partial charge in [0.05, 0.1) is 6.04 Å². The predicted molar refractivity (Wildman–Crippen MR) is 47.8 cm³/mol. The Labute approximate surface area is 83.1 Å². The van der Waals surface area contributed by atoms with Crippen molar-refractivity contribution >= 4 is 11.3 Å². The lowest BCUT2D eigenvalue weighted by molar-refractivity contribution is -0.153. The fourth-order valence-electron chi connectivity index (χ4n) is 1.45. The van der Waals surface area contributed by atoms with Gasteiger partial charge >= 0.3 is 6.18 Å². The van der Waals surface area contributed by atoms with Crippen LogP contribution in [0, 0.1) is 0 Å². The second-order valence-corrected chi connectivity index (χ2v) is 4.17. The Morgan fingerprint density at radius 1 is 1.36 bits per heavy atom. The highest BCUT2D eigenvalue weighted by Crippen LogP contribution is 2.32. The van der Waals surface area contributed by atoms with Crippen molar-refractivity contribution in [3.63, 3.8) is 0 Å². The maximum atomic E-state index is 12.3. The molecule has 78 valence electrons. The third kappa shape index (κ3) is 1.92. The fraction of sp³-hybridized carbons (Fsp3) is 0.500. The Morgan fingerprint density at radius 2 is 2.14 bits per heavy atom. The van der Waals surface area contributed by atoms with E-state index in [9.17, 15) is 13.2 Å². The minimum atomic E-state index is -4.17. The summed E-state index contributed by atoms with van der Waals surface area (Å²) in [6.45, 7) is 0. The van der Waals surface area contributed by atoms with Crippen LogP contribution >= 0.6 is 11.3 Å². The molecule has 2 atom stereocenters. The first-order valence-corrected chi connectivity index (χ1v) is 5.06.